The number of phenols is 1. The van der Waals surface area contributed by atoms with Gasteiger partial charge >= 0.3 is 6.01 Å². The molecule has 2 aromatic carbocycles. The molecule has 0 aliphatic carbocycles. The maximum absolute atomic E-state index is 16.7. The number of aromatic nitrogens is 3. The number of hydrogen-bond acceptors (Lipinski definition) is 8. The minimum absolute atomic E-state index is 0.00538. The fourth-order valence-corrected chi connectivity index (χ4v) is 7.53. The number of aromatic hydroxyl groups is 1. The van der Waals surface area contributed by atoms with Crippen LogP contribution in [0.4, 0.5) is 19.0 Å². The Labute approximate surface area is 247 Å². The van der Waals surface area contributed by atoms with Gasteiger partial charge in [-0.25, -0.2) is 13.2 Å². The van der Waals surface area contributed by atoms with Crippen molar-refractivity contribution in [3.8, 4) is 23.0 Å². The molecule has 3 saturated heterocycles. The Hall–Kier alpha value is -3.70. The maximum Gasteiger partial charge on any atom is 0.319 e. The van der Waals surface area contributed by atoms with Crippen molar-refractivity contribution in [2.24, 2.45) is 5.73 Å². The van der Waals surface area contributed by atoms with Gasteiger partial charge in [0, 0.05) is 43.9 Å². The molecule has 0 unspecified atom stereocenters. The van der Waals surface area contributed by atoms with Gasteiger partial charge in [0.1, 0.15) is 41.4 Å². The molecule has 5 heterocycles. The van der Waals surface area contributed by atoms with Gasteiger partial charge < -0.3 is 20.5 Å². The highest BCUT2D eigenvalue weighted by Crippen LogP contribution is 2.42. The van der Waals surface area contributed by atoms with Crippen LogP contribution in [0.5, 0.6) is 11.8 Å². The monoisotopic (exact) mass is 592 g/mol. The van der Waals surface area contributed by atoms with Crippen molar-refractivity contribution in [2.45, 2.75) is 63.2 Å². The van der Waals surface area contributed by atoms with Crippen LogP contribution in [0.25, 0.3) is 32.9 Å². The Bertz CT molecular complexity index is 1720. The van der Waals surface area contributed by atoms with Crippen LogP contribution in [-0.4, -0.2) is 75.5 Å². The zero-order valence-electron chi connectivity index (χ0n) is 24.1. The van der Waals surface area contributed by atoms with Gasteiger partial charge in [0.15, 0.2) is 5.82 Å². The van der Waals surface area contributed by atoms with E-state index < -0.39 is 23.3 Å². The number of nitrogens with two attached hydrogens (primary N) is 1. The first kappa shape index (κ1) is 28.1. The lowest BCUT2D eigenvalue weighted by Crippen LogP contribution is -2.43. The van der Waals surface area contributed by atoms with Crippen molar-refractivity contribution in [3.63, 3.8) is 0 Å². The third kappa shape index (κ3) is 4.64. The standard InChI is InChI=1S/C32H35F3N6O2/c1-2-22-25(34)7-6-18-11-21(42)12-23(26(18)22)28-27(35)29-24(15-37-28)30(41-10-3-5-20(41)14-36)39-31(38-29)43-17-32-8-4-9-40(32)16-19(33)13-32/h6-7,11-12,15,19-20,42H,2-5,8-10,13-14,16-17,36H2,1H3/t19-,20+,32+/m1/s1. The summed E-state index contributed by atoms with van der Waals surface area (Å²) in [5, 5.41) is 12.0. The first-order chi connectivity index (χ1) is 20.8. The molecule has 7 rings (SSSR count). The molecule has 3 fully saturated rings. The van der Waals surface area contributed by atoms with E-state index in [1.54, 1.807) is 6.07 Å². The van der Waals surface area contributed by atoms with E-state index in [1.807, 2.05) is 6.92 Å². The van der Waals surface area contributed by atoms with Crippen LogP contribution >= 0.6 is 0 Å². The molecule has 3 aliphatic heterocycles. The molecule has 3 N–H and O–H groups in total. The summed E-state index contributed by atoms with van der Waals surface area (Å²) in [5.41, 5.74) is 6.30. The lowest BCUT2D eigenvalue weighted by molar-refractivity contribution is 0.107. The van der Waals surface area contributed by atoms with Crippen LogP contribution in [0.3, 0.4) is 0 Å². The molecule has 43 heavy (non-hydrogen) atoms. The number of hydrogen-bond donors (Lipinski definition) is 2. The van der Waals surface area contributed by atoms with Crippen LogP contribution in [-0.2, 0) is 6.42 Å². The fraction of sp³-hybridized carbons (Fsp3) is 0.469. The number of ether oxygens (including phenoxy) is 1. The van der Waals surface area contributed by atoms with Crippen LogP contribution in [0.15, 0.2) is 30.5 Å². The predicted octanol–water partition coefficient (Wildman–Crippen LogP) is 5.27. The van der Waals surface area contributed by atoms with Gasteiger partial charge in [-0.15, -0.1) is 0 Å². The normalized spacial score (nSPS) is 24.0. The Kier molecular flexibility index (Phi) is 7.04. The average Bonchev–Trinajstić information content (AvgIpc) is 3.70. The van der Waals surface area contributed by atoms with Crippen LogP contribution < -0.4 is 15.4 Å². The van der Waals surface area contributed by atoms with Crippen LogP contribution in [0, 0.1) is 11.6 Å². The summed E-state index contributed by atoms with van der Waals surface area (Å²) in [7, 11) is 0. The van der Waals surface area contributed by atoms with Crippen LogP contribution in [0.2, 0.25) is 0 Å². The predicted molar refractivity (Wildman–Crippen MR) is 159 cm³/mol. The molecule has 3 atom stereocenters. The molecule has 0 saturated carbocycles. The van der Waals surface area contributed by atoms with Crippen LogP contribution in [0.1, 0.15) is 44.6 Å². The van der Waals surface area contributed by atoms with E-state index in [0.717, 1.165) is 32.2 Å². The fourth-order valence-electron chi connectivity index (χ4n) is 7.53. The number of fused-ring (bicyclic) bond motifs is 3. The number of nitrogens with zero attached hydrogens (tertiary/aromatic N) is 5. The largest absolute Gasteiger partial charge is 0.508 e. The van der Waals surface area contributed by atoms with Gasteiger partial charge in [-0.2, -0.15) is 9.97 Å². The average molecular weight is 593 g/mol. The summed E-state index contributed by atoms with van der Waals surface area (Å²) in [6, 6.07) is 5.87. The first-order valence-electron chi connectivity index (χ1n) is 15.1. The Morgan fingerprint density at radius 2 is 2.02 bits per heavy atom. The molecular weight excluding hydrogens is 557 g/mol. The molecule has 0 bridgehead atoms. The number of pyridine rings is 1. The second-order valence-electron chi connectivity index (χ2n) is 12.1. The minimum atomic E-state index is -0.909. The molecule has 226 valence electrons. The third-order valence-electron chi connectivity index (χ3n) is 9.56. The minimum Gasteiger partial charge on any atom is -0.508 e. The van der Waals surface area contributed by atoms with E-state index in [2.05, 4.69) is 19.8 Å². The molecular formula is C32H35F3N6O2. The zero-order chi connectivity index (χ0) is 29.9. The number of aryl methyl sites for hydroxylation is 1. The number of alkyl halides is 1. The summed E-state index contributed by atoms with van der Waals surface area (Å²) in [4.78, 5) is 18.0. The van der Waals surface area contributed by atoms with Crippen molar-refractivity contribution < 1.29 is 23.0 Å². The third-order valence-corrected chi connectivity index (χ3v) is 9.56. The van der Waals surface area contributed by atoms with E-state index in [0.29, 0.717) is 60.0 Å². The first-order valence-corrected chi connectivity index (χ1v) is 15.1. The Balaban J connectivity index is 1.39. The summed E-state index contributed by atoms with van der Waals surface area (Å²) in [5.74, 6) is -0.732. The highest BCUT2D eigenvalue weighted by molar-refractivity contribution is 6.01. The zero-order valence-corrected chi connectivity index (χ0v) is 24.1. The highest BCUT2D eigenvalue weighted by atomic mass is 19.1. The molecule has 8 nitrogen and oxygen atoms in total. The summed E-state index contributed by atoms with van der Waals surface area (Å²) >= 11 is 0. The van der Waals surface area contributed by atoms with E-state index in [4.69, 9.17) is 15.5 Å². The quantitative estimate of drug-likeness (QED) is 0.299. The number of rotatable bonds is 7. The molecule has 4 aromatic rings. The highest BCUT2D eigenvalue weighted by Gasteiger charge is 2.49. The molecule has 3 aliphatic rings. The van der Waals surface area contributed by atoms with Gasteiger partial charge in [-0.05, 0) is 73.2 Å². The molecule has 0 spiro atoms. The van der Waals surface area contributed by atoms with Crippen molar-refractivity contribution in [1.29, 1.82) is 0 Å². The van der Waals surface area contributed by atoms with E-state index in [1.165, 1.54) is 24.4 Å². The summed E-state index contributed by atoms with van der Waals surface area (Å²) in [6.07, 6.45) is 4.95. The Morgan fingerprint density at radius 3 is 2.84 bits per heavy atom. The number of benzene rings is 2. The van der Waals surface area contributed by atoms with E-state index in [-0.39, 0.29) is 41.2 Å². The SMILES string of the molecule is CCc1c(F)ccc2cc(O)cc(-c3ncc4c(N5CCC[C@H]5CN)nc(OC[C@@]56CCCN5C[C@H](F)C6)nc4c3F)c12. The van der Waals surface area contributed by atoms with Crippen molar-refractivity contribution in [2.75, 3.05) is 37.7 Å². The number of phenolic OH excluding ortho intramolecular Hbond substituents is 1. The van der Waals surface area contributed by atoms with Crippen molar-refractivity contribution >= 4 is 27.5 Å². The summed E-state index contributed by atoms with van der Waals surface area (Å²) < 4.78 is 52.2. The van der Waals surface area contributed by atoms with Gasteiger partial charge in [0.05, 0.1) is 10.9 Å². The molecule has 0 radical (unpaired) electrons. The van der Waals surface area contributed by atoms with Crippen molar-refractivity contribution in [3.05, 3.63) is 47.7 Å². The topological polar surface area (TPSA) is 101 Å². The number of halogens is 3. The van der Waals surface area contributed by atoms with E-state index in [9.17, 15) is 13.9 Å². The molecule has 11 heteroatoms. The summed E-state index contributed by atoms with van der Waals surface area (Å²) in [6.45, 7) is 4.34. The second-order valence-corrected chi connectivity index (χ2v) is 12.1. The smallest absolute Gasteiger partial charge is 0.319 e. The number of anilines is 1. The van der Waals surface area contributed by atoms with Gasteiger partial charge in [-0.3, -0.25) is 9.88 Å². The van der Waals surface area contributed by atoms with Gasteiger partial charge in [-0.1, -0.05) is 13.0 Å². The van der Waals surface area contributed by atoms with Gasteiger partial charge in [0.25, 0.3) is 0 Å². The molecule has 2 aromatic heterocycles. The second kappa shape index (κ2) is 10.8. The lowest BCUT2D eigenvalue weighted by atomic mass is 9.94. The van der Waals surface area contributed by atoms with E-state index >= 15 is 4.39 Å². The lowest BCUT2D eigenvalue weighted by Gasteiger charge is -2.31. The van der Waals surface area contributed by atoms with Gasteiger partial charge in [0.2, 0.25) is 0 Å². The Morgan fingerprint density at radius 1 is 1.16 bits per heavy atom. The molecule has 0 amide bonds. The van der Waals surface area contributed by atoms with Crippen molar-refractivity contribution in [1.82, 2.24) is 19.9 Å². The maximum atomic E-state index is 16.7.